The molecule has 7 aromatic carbocycles. The number of imidazole rings is 1. The van der Waals surface area contributed by atoms with E-state index in [1.54, 1.807) is 0 Å². The van der Waals surface area contributed by atoms with Crippen LogP contribution in [0.4, 0.5) is 0 Å². The van der Waals surface area contributed by atoms with Crippen molar-refractivity contribution in [2.75, 3.05) is 0 Å². The van der Waals surface area contributed by atoms with E-state index in [0.717, 1.165) is 33.8 Å². The number of benzene rings is 7. The number of nitrogens with zero attached hydrogens (tertiary/aromatic N) is 4. The Morgan fingerprint density at radius 2 is 1.06 bits per heavy atom. The Kier molecular flexibility index (Phi) is 5.75. The van der Waals surface area contributed by atoms with Crippen LogP contribution in [0, 0.1) is 0 Å². The molecule has 0 atom stereocenters. The van der Waals surface area contributed by atoms with E-state index in [9.17, 15) is 0 Å². The molecule has 0 fully saturated rings. The molecule has 0 aliphatic carbocycles. The van der Waals surface area contributed by atoms with Crippen LogP contribution in [0.1, 0.15) is 0 Å². The van der Waals surface area contributed by atoms with Crippen molar-refractivity contribution in [3.8, 4) is 33.9 Å². The van der Waals surface area contributed by atoms with Gasteiger partial charge in [-0.2, -0.15) is 0 Å². The second kappa shape index (κ2) is 10.3. The van der Waals surface area contributed by atoms with Crippen LogP contribution in [0.2, 0.25) is 0 Å². The molecule has 4 nitrogen and oxygen atoms in total. The van der Waals surface area contributed by atoms with E-state index in [1.807, 2.05) is 6.07 Å². The van der Waals surface area contributed by atoms with E-state index in [4.69, 9.17) is 4.98 Å². The zero-order chi connectivity index (χ0) is 31.8. The van der Waals surface area contributed by atoms with Crippen LogP contribution in [0.25, 0.3) is 88.5 Å². The molecule has 0 N–H and O–H groups in total. The fraction of sp³-hybridized carbons (Fsp3) is 0.0227. The van der Waals surface area contributed by atoms with Gasteiger partial charge in [-0.15, -0.1) is 0 Å². The van der Waals surface area contributed by atoms with Crippen molar-refractivity contribution < 1.29 is 0 Å². The molecule has 0 aliphatic heterocycles. The summed E-state index contributed by atoms with van der Waals surface area (Å²) >= 11 is 0. The molecule has 0 spiro atoms. The van der Waals surface area contributed by atoms with Crippen molar-refractivity contribution in [1.82, 2.24) is 18.7 Å². The van der Waals surface area contributed by atoms with Gasteiger partial charge >= 0.3 is 0 Å². The lowest BCUT2D eigenvalue weighted by molar-refractivity contribution is 0.959. The lowest BCUT2D eigenvalue weighted by atomic mass is 10.0. The van der Waals surface area contributed by atoms with Gasteiger partial charge in [0, 0.05) is 45.5 Å². The molecular formula is C44H30N4. The van der Waals surface area contributed by atoms with Gasteiger partial charge in [-0.25, -0.2) is 4.98 Å². The Morgan fingerprint density at radius 3 is 1.88 bits per heavy atom. The maximum atomic E-state index is 4.97. The minimum atomic E-state index is 0.973. The molecule has 0 radical (unpaired) electrons. The summed E-state index contributed by atoms with van der Waals surface area (Å²) in [6.45, 7) is 0. The molecule has 0 bridgehead atoms. The zero-order valence-electron chi connectivity index (χ0n) is 26.4. The Bertz CT molecular complexity index is 2830. The van der Waals surface area contributed by atoms with Gasteiger partial charge in [0.15, 0.2) is 0 Å². The van der Waals surface area contributed by atoms with Crippen LogP contribution in [-0.2, 0) is 7.05 Å². The first kappa shape index (κ1) is 26.8. The van der Waals surface area contributed by atoms with Crippen LogP contribution in [-0.4, -0.2) is 18.7 Å². The molecule has 48 heavy (non-hydrogen) atoms. The second-order valence-corrected chi connectivity index (χ2v) is 12.5. The van der Waals surface area contributed by atoms with Crippen molar-refractivity contribution in [1.29, 1.82) is 0 Å². The van der Waals surface area contributed by atoms with Crippen LogP contribution in [0.5, 0.6) is 0 Å². The van der Waals surface area contributed by atoms with Gasteiger partial charge in [-0.1, -0.05) is 109 Å². The van der Waals surface area contributed by atoms with Crippen LogP contribution in [0.3, 0.4) is 0 Å². The highest BCUT2D eigenvalue weighted by molar-refractivity contribution is 6.26. The molecule has 226 valence electrons. The SMILES string of the molecule is Cn1c(-c2ccccc2)nc2ccc(-c3cccc(-n4c5ccccc5c5c4ccc4c6ccccc6n(-c6ccccc6)c45)c3)cc21. The second-order valence-electron chi connectivity index (χ2n) is 12.5. The van der Waals surface area contributed by atoms with Gasteiger partial charge in [0.25, 0.3) is 0 Å². The number of fused-ring (bicyclic) bond motifs is 8. The predicted octanol–water partition coefficient (Wildman–Crippen LogP) is 11.1. The third-order valence-corrected chi connectivity index (χ3v) is 9.83. The largest absolute Gasteiger partial charge is 0.327 e. The smallest absolute Gasteiger partial charge is 0.140 e. The highest BCUT2D eigenvalue weighted by Gasteiger charge is 2.21. The molecule has 3 heterocycles. The van der Waals surface area contributed by atoms with E-state index < -0.39 is 0 Å². The average molecular weight is 615 g/mol. The van der Waals surface area contributed by atoms with Gasteiger partial charge in [0.05, 0.1) is 33.1 Å². The van der Waals surface area contributed by atoms with E-state index in [1.165, 1.54) is 54.7 Å². The molecule has 10 rings (SSSR count). The molecule has 0 amide bonds. The number of hydrogen-bond acceptors (Lipinski definition) is 1. The standard InChI is InChI=1S/C44H30N4/c1-46-41-28-31(23-25-37(41)45-44(46)29-13-4-2-5-14-29)30-15-12-18-33(27-30)47-39-22-11-9-20-36(39)42-40(47)26-24-35-34-19-8-10-21-38(34)48(43(35)42)32-16-6-3-7-17-32/h2-28H,1H3. The molecule has 0 unspecified atom stereocenters. The van der Waals surface area contributed by atoms with Gasteiger partial charge in [0.2, 0.25) is 0 Å². The summed E-state index contributed by atoms with van der Waals surface area (Å²) in [5.74, 6) is 0.973. The number of rotatable bonds is 4. The summed E-state index contributed by atoms with van der Waals surface area (Å²) in [4.78, 5) is 4.97. The number of aryl methyl sites for hydroxylation is 1. The Balaban J connectivity index is 1.21. The lowest BCUT2D eigenvalue weighted by Gasteiger charge is -2.11. The fourth-order valence-electron chi connectivity index (χ4n) is 7.67. The number of aromatic nitrogens is 4. The summed E-state index contributed by atoms with van der Waals surface area (Å²) in [6, 6.07) is 58.8. The molecular weight excluding hydrogens is 585 g/mol. The normalized spacial score (nSPS) is 11.9. The summed E-state index contributed by atoms with van der Waals surface area (Å²) in [7, 11) is 2.10. The highest BCUT2D eigenvalue weighted by Crippen LogP contribution is 2.42. The summed E-state index contributed by atoms with van der Waals surface area (Å²) < 4.78 is 7.06. The monoisotopic (exact) mass is 614 g/mol. The van der Waals surface area contributed by atoms with Gasteiger partial charge in [-0.3, -0.25) is 0 Å². The topological polar surface area (TPSA) is 27.7 Å². The van der Waals surface area contributed by atoms with Crippen LogP contribution in [0.15, 0.2) is 164 Å². The van der Waals surface area contributed by atoms with Crippen molar-refractivity contribution >= 4 is 54.6 Å². The van der Waals surface area contributed by atoms with Crippen molar-refractivity contribution in [3.05, 3.63) is 164 Å². The van der Waals surface area contributed by atoms with Crippen molar-refractivity contribution in [3.63, 3.8) is 0 Å². The summed E-state index contributed by atoms with van der Waals surface area (Å²) in [5.41, 5.74) is 12.7. The number of para-hydroxylation sites is 3. The Labute approximate surface area is 277 Å². The summed E-state index contributed by atoms with van der Waals surface area (Å²) in [5, 5.41) is 5.03. The zero-order valence-corrected chi connectivity index (χ0v) is 26.4. The Morgan fingerprint density at radius 1 is 0.417 bits per heavy atom. The third kappa shape index (κ3) is 3.86. The molecule has 0 aliphatic rings. The first-order valence-electron chi connectivity index (χ1n) is 16.4. The first-order chi connectivity index (χ1) is 23.7. The summed E-state index contributed by atoms with van der Waals surface area (Å²) in [6.07, 6.45) is 0. The lowest BCUT2D eigenvalue weighted by Crippen LogP contribution is -1.95. The van der Waals surface area contributed by atoms with E-state index in [0.29, 0.717) is 0 Å². The van der Waals surface area contributed by atoms with Gasteiger partial charge in [0.1, 0.15) is 5.82 Å². The molecule has 3 aromatic heterocycles. The third-order valence-electron chi connectivity index (χ3n) is 9.83. The van der Waals surface area contributed by atoms with Crippen molar-refractivity contribution in [2.45, 2.75) is 0 Å². The average Bonchev–Trinajstić information content (AvgIpc) is 3.79. The quantitative estimate of drug-likeness (QED) is 0.194. The van der Waals surface area contributed by atoms with Crippen molar-refractivity contribution in [2.24, 2.45) is 7.05 Å². The Hall–Kier alpha value is -6.39. The molecule has 0 saturated carbocycles. The maximum absolute atomic E-state index is 4.97. The van der Waals surface area contributed by atoms with E-state index in [-0.39, 0.29) is 0 Å². The first-order valence-corrected chi connectivity index (χ1v) is 16.4. The highest BCUT2D eigenvalue weighted by atomic mass is 15.1. The van der Waals surface area contributed by atoms with Gasteiger partial charge < -0.3 is 13.7 Å². The van der Waals surface area contributed by atoms with Crippen LogP contribution >= 0.6 is 0 Å². The van der Waals surface area contributed by atoms with Gasteiger partial charge in [-0.05, 0) is 65.7 Å². The molecule has 4 heteroatoms. The van der Waals surface area contributed by atoms with E-state index in [2.05, 4.69) is 178 Å². The van der Waals surface area contributed by atoms with Crippen LogP contribution < -0.4 is 0 Å². The molecule has 10 aromatic rings. The predicted molar refractivity (Wildman–Crippen MR) is 200 cm³/mol. The molecule has 0 saturated heterocycles. The van der Waals surface area contributed by atoms with E-state index >= 15 is 0 Å². The number of hydrogen-bond donors (Lipinski definition) is 0. The maximum Gasteiger partial charge on any atom is 0.140 e. The minimum Gasteiger partial charge on any atom is -0.327 e. The minimum absolute atomic E-state index is 0.973. The fourth-order valence-corrected chi connectivity index (χ4v) is 7.67.